The van der Waals surface area contributed by atoms with Crippen molar-refractivity contribution in [2.24, 2.45) is 0 Å². The van der Waals surface area contributed by atoms with Crippen LogP contribution in [0.15, 0.2) is 97.1 Å². The molecule has 0 aliphatic heterocycles. The van der Waals surface area contributed by atoms with Gasteiger partial charge in [-0.05, 0) is 79.3 Å². The summed E-state index contributed by atoms with van der Waals surface area (Å²) < 4.78 is 0. The first-order valence-electron chi connectivity index (χ1n) is 14.0. The molecule has 1 aliphatic rings. The molecule has 1 aliphatic carbocycles. The van der Waals surface area contributed by atoms with Gasteiger partial charge in [0, 0.05) is 0 Å². The number of hydrogen-bond donors (Lipinski definition) is 0. The molecular formula is C40H40Hf. The van der Waals surface area contributed by atoms with Crippen LogP contribution >= 0.6 is 0 Å². The summed E-state index contributed by atoms with van der Waals surface area (Å²) in [4.78, 5) is 0. The first kappa shape index (κ1) is 30.9. The van der Waals surface area contributed by atoms with E-state index in [0.29, 0.717) is 0 Å². The van der Waals surface area contributed by atoms with Gasteiger partial charge < -0.3 is 14.9 Å². The molecular weight excluding hydrogens is 659 g/mol. The van der Waals surface area contributed by atoms with Crippen LogP contribution < -0.4 is 0 Å². The smallest absolute Gasteiger partial charge is 0.358 e. The van der Waals surface area contributed by atoms with Gasteiger partial charge in [-0.25, -0.2) is 0 Å². The predicted octanol–water partition coefficient (Wildman–Crippen LogP) is 11.4. The van der Waals surface area contributed by atoms with E-state index in [0.717, 1.165) is 0 Å². The molecule has 0 unspecified atom stereocenters. The van der Waals surface area contributed by atoms with Gasteiger partial charge in [-0.15, -0.1) is 69.1 Å². The molecule has 0 amide bonds. The van der Waals surface area contributed by atoms with E-state index in [4.69, 9.17) is 0 Å². The van der Waals surface area contributed by atoms with E-state index in [1.807, 2.05) is 0 Å². The largest absolute Gasteiger partial charge is 4.00 e. The molecule has 0 nitrogen and oxygen atoms in total. The van der Waals surface area contributed by atoms with Crippen molar-refractivity contribution in [3.8, 4) is 22.3 Å². The molecule has 6 aromatic carbocycles. The van der Waals surface area contributed by atoms with E-state index >= 15 is 0 Å². The summed E-state index contributed by atoms with van der Waals surface area (Å²) in [6, 6.07) is 36.9. The predicted molar refractivity (Wildman–Crippen MR) is 176 cm³/mol. The molecule has 0 N–H and O–H groups in total. The third kappa shape index (κ3) is 4.81. The van der Waals surface area contributed by atoms with Crippen LogP contribution in [-0.2, 0) is 31.3 Å². The quantitative estimate of drug-likeness (QED) is 0.127. The Balaban J connectivity index is 0.00000129. The maximum atomic E-state index is 2.51. The summed E-state index contributed by atoms with van der Waals surface area (Å²) >= 11 is 0. The fraction of sp³-hybridized carbons (Fsp3) is 0.200. The van der Waals surface area contributed by atoms with Crippen LogP contribution in [0, 0.1) is 42.5 Å². The van der Waals surface area contributed by atoms with E-state index < -0.39 is 0 Å². The molecule has 0 aromatic heterocycles. The summed E-state index contributed by atoms with van der Waals surface area (Å²) in [5, 5.41) is 5.49. The van der Waals surface area contributed by atoms with E-state index in [1.165, 1.54) is 96.4 Å². The molecule has 0 saturated heterocycles. The van der Waals surface area contributed by atoms with Crippen LogP contribution in [-0.4, -0.2) is 0 Å². The van der Waals surface area contributed by atoms with Gasteiger partial charge >= 0.3 is 25.8 Å². The normalized spacial score (nSPS) is 13.7. The van der Waals surface area contributed by atoms with Gasteiger partial charge in [0.15, 0.2) is 0 Å². The molecule has 1 heteroatoms. The monoisotopic (exact) mass is 700 g/mol. The fourth-order valence-corrected chi connectivity index (χ4v) is 7.21. The SMILES string of the molecule is Cc1cccc(C)c1-c1cccc2[cH-]c(C3(c4cc5c(-c6c(C)cccc6C)cccc5[cH-]4)CCC3)cc12.[CH3-].[CH3-].[Hf+4]. The van der Waals surface area contributed by atoms with Crippen molar-refractivity contribution in [1.29, 1.82) is 0 Å². The summed E-state index contributed by atoms with van der Waals surface area (Å²) in [5.41, 5.74) is 14.0. The number of benzene rings is 4. The van der Waals surface area contributed by atoms with E-state index in [2.05, 4.69) is 125 Å². The van der Waals surface area contributed by atoms with Gasteiger partial charge in [0.25, 0.3) is 0 Å². The average molecular weight is 699 g/mol. The summed E-state index contributed by atoms with van der Waals surface area (Å²) in [5.74, 6) is 0. The second-order valence-electron chi connectivity index (χ2n) is 11.6. The maximum Gasteiger partial charge on any atom is 4.00 e. The first-order valence-corrected chi connectivity index (χ1v) is 14.0. The average Bonchev–Trinajstić information content (AvgIpc) is 3.49. The Morgan fingerprint density at radius 3 is 1.24 bits per heavy atom. The summed E-state index contributed by atoms with van der Waals surface area (Å²) in [6.07, 6.45) is 3.73. The topological polar surface area (TPSA) is 0 Å². The number of fused-ring (bicyclic) bond motifs is 2. The van der Waals surface area contributed by atoms with Gasteiger partial charge in [-0.2, -0.15) is 12.1 Å². The van der Waals surface area contributed by atoms with Gasteiger partial charge in [0.1, 0.15) is 0 Å². The zero-order chi connectivity index (χ0) is 26.0. The molecule has 0 heterocycles. The third-order valence-corrected chi connectivity index (χ3v) is 9.31. The van der Waals surface area contributed by atoms with Crippen LogP contribution in [0.5, 0.6) is 0 Å². The van der Waals surface area contributed by atoms with Crippen LogP contribution in [0.4, 0.5) is 0 Å². The molecule has 0 atom stereocenters. The van der Waals surface area contributed by atoms with Crippen molar-refractivity contribution in [3.05, 3.63) is 145 Å². The Bertz CT molecular complexity index is 1660. The van der Waals surface area contributed by atoms with E-state index in [1.54, 1.807) is 0 Å². The van der Waals surface area contributed by atoms with Crippen LogP contribution in [0.3, 0.4) is 0 Å². The molecule has 41 heavy (non-hydrogen) atoms. The summed E-state index contributed by atoms with van der Waals surface area (Å²) in [6.45, 7) is 8.95. The molecule has 7 rings (SSSR count). The third-order valence-electron chi connectivity index (χ3n) is 9.31. The molecule has 0 radical (unpaired) electrons. The van der Waals surface area contributed by atoms with Gasteiger partial charge in [0.2, 0.25) is 0 Å². The minimum atomic E-state index is 0. The van der Waals surface area contributed by atoms with Crippen LogP contribution in [0.2, 0.25) is 0 Å². The minimum Gasteiger partial charge on any atom is -0.358 e. The first-order chi connectivity index (χ1) is 18.5. The van der Waals surface area contributed by atoms with Crippen LogP contribution in [0.1, 0.15) is 52.6 Å². The molecule has 204 valence electrons. The fourth-order valence-electron chi connectivity index (χ4n) is 7.21. The van der Waals surface area contributed by atoms with Gasteiger partial charge in [-0.1, -0.05) is 66.1 Å². The second-order valence-corrected chi connectivity index (χ2v) is 11.6. The molecule has 1 fully saturated rings. The Hall–Kier alpha value is -3.03. The molecule has 1 saturated carbocycles. The number of rotatable bonds is 4. The maximum absolute atomic E-state index is 2.51. The standard InChI is InChI=1S/C38H34.2CH3.Hf/c1-24-10-5-11-25(2)36(24)32-16-7-14-28-20-30(22-34(28)32)38(18-9-19-38)31-21-29-15-8-17-33(35(29)23-31)37-26(3)12-6-13-27(37)4;;;/h5-8,10-17,20-23H,9,18-19H2,1-4H3;2*1H3;/q-2;2*-1;+4. The van der Waals surface area contributed by atoms with E-state index in [-0.39, 0.29) is 46.1 Å². The van der Waals surface area contributed by atoms with Crippen molar-refractivity contribution < 1.29 is 25.8 Å². The number of hydrogen-bond acceptors (Lipinski definition) is 0. The minimum absolute atomic E-state index is 0. The van der Waals surface area contributed by atoms with E-state index in [9.17, 15) is 0 Å². The van der Waals surface area contributed by atoms with Crippen LogP contribution in [0.25, 0.3) is 43.8 Å². The zero-order valence-corrected chi connectivity index (χ0v) is 29.0. The summed E-state index contributed by atoms with van der Waals surface area (Å²) in [7, 11) is 0. The van der Waals surface area contributed by atoms with Crippen molar-refractivity contribution in [2.75, 3.05) is 0 Å². The second kappa shape index (κ2) is 11.7. The molecule has 0 bridgehead atoms. The van der Waals surface area contributed by atoms with Gasteiger partial charge in [-0.3, -0.25) is 0 Å². The van der Waals surface area contributed by atoms with Gasteiger partial charge in [0.05, 0.1) is 0 Å². The zero-order valence-electron chi connectivity index (χ0n) is 25.4. The Labute approximate surface area is 266 Å². The van der Waals surface area contributed by atoms with Crippen molar-refractivity contribution >= 4 is 21.5 Å². The Kier molecular flexibility index (Phi) is 8.81. The van der Waals surface area contributed by atoms with Crippen molar-refractivity contribution in [2.45, 2.75) is 52.4 Å². The molecule has 0 spiro atoms. The van der Waals surface area contributed by atoms with Crippen molar-refractivity contribution in [3.63, 3.8) is 0 Å². The molecule has 6 aromatic rings. The Morgan fingerprint density at radius 1 is 0.537 bits per heavy atom. The van der Waals surface area contributed by atoms with Crippen molar-refractivity contribution in [1.82, 2.24) is 0 Å². The number of aryl methyl sites for hydroxylation is 4. The Morgan fingerprint density at radius 2 is 0.902 bits per heavy atom.